The molecule has 2 aliphatic rings. The Labute approximate surface area is 503 Å². The minimum absolute atomic E-state index is 0.603. The van der Waals surface area contributed by atoms with Crippen molar-refractivity contribution in [3.8, 4) is 55.6 Å². The standard InChI is InChI=1S/C87H56/c1-49-15-11-25-53-51(49)24-12-26-60(53)61-33-35-64(58-22-9-7-20-56(58)61)66-37-39-72-76-43-47-80-79-46-42-75-71-30-14-28-69-67(65-36-34-63(57-21-8-10-23-59(57)65)62-32-31-52(50-16-3-2-4-17-50)54-18-5-6-19-55(54)62)38-40-73(83(69)71)77-44-48-81(87(79)85(75)77)78-45-41-74(84(76)86(78)80)70-29-13-27-68(66)82(70)72/h2-10,12-14,16-24,26-41,43-45,47-49H,11,15,25,42,46H2,1H3. The molecule has 0 aromatic heterocycles. The van der Waals surface area contributed by atoms with E-state index >= 15 is 0 Å². The normalized spacial score (nSPS) is 14.4. The van der Waals surface area contributed by atoms with E-state index in [1.165, 1.54) is 214 Å². The van der Waals surface area contributed by atoms with Crippen LogP contribution in [0, 0.1) is 0 Å². The van der Waals surface area contributed by atoms with Gasteiger partial charge in [0.1, 0.15) is 0 Å². The SMILES string of the molecule is CC1CCCc2c(-c3ccc(-c4ccc5c6ccc7c8c9c(ccc%10c%11ccc(-c%12ccc(-c%13ccc(-c%14ccccc%14)c%14ccccc%13%14)c%13ccccc%12%13)c%12cccc(c(c%109)CC8)c%12%11)c8ccc(c9cccc4c59)c6c78)c4ccccc34)cccc21. The largest absolute Gasteiger partial charge is 0.0622 e. The van der Waals surface area contributed by atoms with Crippen LogP contribution in [0.5, 0.6) is 0 Å². The van der Waals surface area contributed by atoms with Gasteiger partial charge in [0.25, 0.3) is 0 Å². The summed E-state index contributed by atoms with van der Waals surface area (Å²) < 4.78 is 0. The molecule has 0 saturated carbocycles. The summed E-state index contributed by atoms with van der Waals surface area (Å²) in [6.07, 6.45) is 5.69. The first-order chi connectivity index (χ1) is 43.1. The van der Waals surface area contributed by atoms with E-state index in [4.69, 9.17) is 0 Å². The zero-order chi connectivity index (χ0) is 56.8. The highest BCUT2D eigenvalue weighted by molar-refractivity contribution is 6.42. The highest BCUT2D eigenvalue weighted by Gasteiger charge is 2.28. The van der Waals surface area contributed by atoms with Gasteiger partial charge in [0, 0.05) is 0 Å². The third-order valence-corrected chi connectivity index (χ3v) is 21.3. The molecule has 0 fully saturated rings. The van der Waals surface area contributed by atoms with E-state index in [1.54, 1.807) is 5.56 Å². The maximum Gasteiger partial charge on any atom is -0.00140 e. The molecule has 87 heavy (non-hydrogen) atoms. The molecule has 0 saturated heterocycles. The maximum absolute atomic E-state index is 2.50. The summed E-state index contributed by atoms with van der Waals surface area (Å²) in [5.41, 5.74) is 19.0. The number of hydrogen-bond acceptors (Lipinski definition) is 0. The van der Waals surface area contributed by atoms with Crippen molar-refractivity contribution in [2.45, 2.75) is 44.9 Å². The van der Waals surface area contributed by atoms with E-state index in [0.717, 1.165) is 19.3 Å². The fourth-order valence-corrected chi connectivity index (χ4v) is 17.6. The summed E-state index contributed by atoms with van der Waals surface area (Å²) in [6.45, 7) is 2.41. The van der Waals surface area contributed by atoms with Crippen molar-refractivity contribution in [1.29, 1.82) is 0 Å². The van der Waals surface area contributed by atoms with Gasteiger partial charge in [0.15, 0.2) is 0 Å². The Morgan fingerprint density at radius 3 is 1.06 bits per heavy atom. The smallest absolute Gasteiger partial charge is 0.00140 e. The van der Waals surface area contributed by atoms with Crippen molar-refractivity contribution >= 4 is 129 Å². The molecule has 0 heterocycles. The van der Waals surface area contributed by atoms with Crippen LogP contribution in [0.15, 0.2) is 255 Å². The van der Waals surface area contributed by atoms with Gasteiger partial charge in [-0.2, -0.15) is 0 Å². The van der Waals surface area contributed by atoms with Gasteiger partial charge in [-0.05, 0) is 245 Å². The molecule has 18 aromatic carbocycles. The zero-order valence-corrected chi connectivity index (χ0v) is 48.4. The third kappa shape index (κ3) is 6.47. The lowest BCUT2D eigenvalue weighted by Crippen LogP contribution is -2.08. The van der Waals surface area contributed by atoms with E-state index in [1.807, 2.05) is 0 Å². The Bertz CT molecular complexity index is 6020. The van der Waals surface area contributed by atoms with Crippen LogP contribution in [-0.2, 0) is 19.3 Å². The van der Waals surface area contributed by atoms with Gasteiger partial charge in [-0.15, -0.1) is 0 Å². The van der Waals surface area contributed by atoms with E-state index < -0.39 is 0 Å². The lowest BCUT2D eigenvalue weighted by Gasteiger charge is -2.26. The molecule has 18 aromatic rings. The van der Waals surface area contributed by atoms with Crippen LogP contribution < -0.4 is 0 Å². The number of aryl methyl sites for hydroxylation is 2. The molecular weight excluding hydrogens is 1040 g/mol. The van der Waals surface area contributed by atoms with E-state index in [-0.39, 0.29) is 0 Å². The number of hydrogen-bond donors (Lipinski definition) is 0. The minimum atomic E-state index is 0.603. The van der Waals surface area contributed by atoms with Crippen molar-refractivity contribution in [1.82, 2.24) is 0 Å². The van der Waals surface area contributed by atoms with Gasteiger partial charge >= 0.3 is 0 Å². The summed E-state index contributed by atoms with van der Waals surface area (Å²) >= 11 is 0. The van der Waals surface area contributed by atoms with Crippen molar-refractivity contribution in [3.05, 3.63) is 277 Å². The van der Waals surface area contributed by atoms with Crippen LogP contribution in [0.2, 0.25) is 0 Å². The fourth-order valence-electron chi connectivity index (χ4n) is 17.6. The predicted molar refractivity (Wildman–Crippen MR) is 375 cm³/mol. The zero-order valence-electron chi connectivity index (χ0n) is 48.4. The van der Waals surface area contributed by atoms with Crippen molar-refractivity contribution in [2.24, 2.45) is 0 Å². The summed E-state index contributed by atoms with van der Waals surface area (Å²) in [4.78, 5) is 0. The van der Waals surface area contributed by atoms with Crippen LogP contribution in [-0.4, -0.2) is 0 Å². The highest BCUT2D eigenvalue weighted by atomic mass is 14.3. The summed E-state index contributed by atoms with van der Waals surface area (Å²) in [5, 5.41) is 32.4. The topological polar surface area (TPSA) is 0 Å². The summed E-state index contributed by atoms with van der Waals surface area (Å²) in [7, 11) is 0. The molecule has 0 amide bonds. The molecule has 0 heteroatoms. The Morgan fingerprint density at radius 1 is 0.207 bits per heavy atom. The molecule has 20 rings (SSSR count). The van der Waals surface area contributed by atoms with Crippen LogP contribution in [0.4, 0.5) is 0 Å². The second-order valence-corrected chi connectivity index (χ2v) is 25.4. The fraction of sp³-hybridized carbons (Fsp3) is 0.0805. The minimum Gasteiger partial charge on any atom is -0.0622 e. The van der Waals surface area contributed by atoms with Crippen LogP contribution in [0.1, 0.15) is 47.9 Å². The number of rotatable bonds is 5. The Hall–Kier alpha value is -10.4. The molecule has 0 N–H and O–H groups in total. The average Bonchev–Trinajstić information content (AvgIpc) is 0.854. The van der Waals surface area contributed by atoms with E-state index in [0.29, 0.717) is 5.92 Å². The van der Waals surface area contributed by atoms with Crippen molar-refractivity contribution in [3.63, 3.8) is 0 Å². The van der Waals surface area contributed by atoms with Crippen molar-refractivity contribution < 1.29 is 0 Å². The Balaban J connectivity index is 0.746. The third-order valence-electron chi connectivity index (χ3n) is 21.3. The number of benzene rings is 18. The average molecular weight is 1100 g/mol. The summed E-state index contributed by atoms with van der Waals surface area (Å²) in [6, 6.07) is 98.0. The quantitative estimate of drug-likeness (QED) is 0.119. The molecule has 1 atom stereocenters. The Kier molecular flexibility index (Phi) is 9.82. The molecule has 2 aliphatic carbocycles. The molecule has 404 valence electrons. The van der Waals surface area contributed by atoms with E-state index in [2.05, 4.69) is 262 Å². The highest BCUT2D eigenvalue weighted by Crippen LogP contribution is 2.54. The lowest BCUT2D eigenvalue weighted by molar-refractivity contribution is 0.591. The van der Waals surface area contributed by atoms with Gasteiger partial charge in [-0.1, -0.05) is 262 Å². The monoisotopic (exact) mass is 1100 g/mol. The number of fused-ring (bicyclic) bond motifs is 10. The van der Waals surface area contributed by atoms with Gasteiger partial charge in [-0.3, -0.25) is 0 Å². The first kappa shape index (κ1) is 47.9. The molecule has 0 spiro atoms. The van der Waals surface area contributed by atoms with Gasteiger partial charge in [0.2, 0.25) is 0 Å². The van der Waals surface area contributed by atoms with Gasteiger partial charge < -0.3 is 0 Å². The lowest BCUT2D eigenvalue weighted by atomic mass is 9.76. The predicted octanol–water partition coefficient (Wildman–Crippen LogP) is 24.3. The molecule has 0 nitrogen and oxygen atoms in total. The maximum atomic E-state index is 2.50. The summed E-state index contributed by atoms with van der Waals surface area (Å²) in [5.74, 6) is 0.603. The molecule has 1 unspecified atom stereocenters. The first-order valence-electron chi connectivity index (χ1n) is 31.5. The Morgan fingerprint density at radius 2 is 0.529 bits per heavy atom. The first-order valence-corrected chi connectivity index (χ1v) is 31.5. The molecule has 0 bridgehead atoms. The molecular formula is C87H56. The van der Waals surface area contributed by atoms with Crippen LogP contribution >= 0.6 is 0 Å². The van der Waals surface area contributed by atoms with E-state index in [9.17, 15) is 0 Å². The molecule has 0 aliphatic heterocycles. The van der Waals surface area contributed by atoms with Crippen LogP contribution in [0.25, 0.3) is 185 Å². The van der Waals surface area contributed by atoms with Crippen molar-refractivity contribution in [2.75, 3.05) is 0 Å². The second kappa shape index (κ2) is 17.8. The molecule has 0 radical (unpaired) electrons. The second-order valence-electron chi connectivity index (χ2n) is 25.4. The van der Waals surface area contributed by atoms with Crippen LogP contribution in [0.3, 0.4) is 0 Å². The van der Waals surface area contributed by atoms with Gasteiger partial charge in [-0.25, -0.2) is 0 Å². The van der Waals surface area contributed by atoms with Gasteiger partial charge in [0.05, 0.1) is 0 Å².